The molecule has 0 fully saturated rings. The predicted octanol–water partition coefficient (Wildman–Crippen LogP) is 4.27. The molecule has 2 aromatic rings. The first-order valence-electron chi connectivity index (χ1n) is 4.73. The Labute approximate surface area is 113 Å². The van der Waals surface area contributed by atoms with Crippen molar-refractivity contribution < 1.29 is 0 Å². The average molecular weight is 345 g/mol. The van der Waals surface area contributed by atoms with Crippen LogP contribution in [0.5, 0.6) is 0 Å². The van der Waals surface area contributed by atoms with Crippen molar-refractivity contribution in [1.82, 2.24) is 0 Å². The first kappa shape index (κ1) is 11.5. The number of nitrogens with one attached hydrogen (secondary N) is 1. The van der Waals surface area contributed by atoms with Gasteiger partial charge in [-0.15, -0.1) is 0 Å². The topological polar surface area (TPSA) is 38.0 Å². The maximum Gasteiger partial charge on any atom is 0.0521 e. The smallest absolute Gasteiger partial charge is 0.0521 e. The Hall–Kier alpha value is -0.940. The number of hydrogen-bond donors (Lipinski definition) is 2. The van der Waals surface area contributed by atoms with Crippen LogP contribution in [-0.2, 0) is 0 Å². The maximum absolute atomic E-state index is 5.91. The molecule has 0 atom stereocenters. The van der Waals surface area contributed by atoms with Gasteiger partial charge in [0.1, 0.15) is 0 Å². The molecular formula is C12H10ClIN2. The fourth-order valence-electron chi connectivity index (χ4n) is 1.35. The molecule has 0 spiro atoms. The lowest BCUT2D eigenvalue weighted by Crippen LogP contribution is -1.94. The quantitative estimate of drug-likeness (QED) is 0.631. The minimum atomic E-state index is 0.718. The van der Waals surface area contributed by atoms with Crippen molar-refractivity contribution in [2.45, 2.75) is 0 Å². The van der Waals surface area contributed by atoms with Crippen LogP contribution in [0.4, 0.5) is 17.1 Å². The average Bonchev–Trinajstić information content (AvgIpc) is 2.22. The second kappa shape index (κ2) is 4.93. The summed E-state index contributed by atoms with van der Waals surface area (Å²) in [6, 6.07) is 13.4. The molecular weight excluding hydrogens is 335 g/mol. The minimum Gasteiger partial charge on any atom is -0.399 e. The molecule has 0 aliphatic rings. The lowest BCUT2D eigenvalue weighted by atomic mass is 10.2. The Morgan fingerprint density at radius 1 is 1.12 bits per heavy atom. The van der Waals surface area contributed by atoms with Crippen molar-refractivity contribution in [2.24, 2.45) is 0 Å². The van der Waals surface area contributed by atoms with Gasteiger partial charge in [0.15, 0.2) is 0 Å². The number of nitrogens with two attached hydrogens (primary N) is 1. The van der Waals surface area contributed by atoms with Crippen LogP contribution in [0, 0.1) is 3.57 Å². The molecule has 0 saturated heterocycles. The molecule has 2 nitrogen and oxygen atoms in total. The highest BCUT2D eigenvalue weighted by Gasteiger charge is 2.00. The third-order valence-corrected chi connectivity index (χ3v) is 3.22. The van der Waals surface area contributed by atoms with Gasteiger partial charge in [0.05, 0.1) is 5.69 Å². The van der Waals surface area contributed by atoms with E-state index >= 15 is 0 Å². The van der Waals surface area contributed by atoms with E-state index in [1.54, 1.807) is 0 Å². The Kier molecular flexibility index (Phi) is 3.56. The van der Waals surface area contributed by atoms with Crippen LogP contribution in [-0.4, -0.2) is 0 Å². The number of benzene rings is 2. The molecule has 4 heteroatoms. The molecule has 0 aliphatic heterocycles. The van der Waals surface area contributed by atoms with Crippen LogP contribution in [0.25, 0.3) is 0 Å². The van der Waals surface area contributed by atoms with Crippen LogP contribution in [0.3, 0.4) is 0 Å². The highest BCUT2D eigenvalue weighted by molar-refractivity contribution is 14.1. The van der Waals surface area contributed by atoms with Crippen molar-refractivity contribution in [3.63, 3.8) is 0 Å². The monoisotopic (exact) mass is 344 g/mol. The Bertz CT molecular complexity index is 514. The molecule has 0 saturated carbocycles. The van der Waals surface area contributed by atoms with E-state index in [2.05, 4.69) is 27.9 Å². The van der Waals surface area contributed by atoms with Crippen LogP contribution >= 0.6 is 34.2 Å². The summed E-state index contributed by atoms with van der Waals surface area (Å²) >= 11 is 8.16. The van der Waals surface area contributed by atoms with E-state index in [0.717, 1.165) is 25.7 Å². The third-order valence-electron chi connectivity index (χ3n) is 2.10. The summed E-state index contributed by atoms with van der Waals surface area (Å²) in [7, 11) is 0. The molecule has 0 heterocycles. The summed E-state index contributed by atoms with van der Waals surface area (Å²) in [5, 5.41) is 4.01. The standard InChI is InChI=1S/C12H10ClIN2/c13-8-2-1-3-10(6-8)16-12-5-4-9(15)7-11(12)14/h1-7,16H,15H2. The Balaban J connectivity index is 2.27. The van der Waals surface area contributed by atoms with E-state index in [-0.39, 0.29) is 0 Å². The van der Waals surface area contributed by atoms with Crippen molar-refractivity contribution in [1.29, 1.82) is 0 Å². The number of rotatable bonds is 2. The van der Waals surface area contributed by atoms with Gasteiger partial charge in [0, 0.05) is 20.0 Å². The van der Waals surface area contributed by atoms with E-state index in [9.17, 15) is 0 Å². The molecule has 0 unspecified atom stereocenters. The Morgan fingerprint density at radius 2 is 1.94 bits per heavy atom. The maximum atomic E-state index is 5.91. The summed E-state index contributed by atoms with van der Waals surface area (Å²) in [5.74, 6) is 0. The zero-order valence-electron chi connectivity index (χ0n) is 8.37. The minimum absolute atomic E-state index is 0.718. The number of nitrogen functional groups attached to an aromatic ring is 1. The van der Waals surface area contributed by atoms with Crippen LogP contribution < -0.4 is 11.1 Å². The largest absolute Gasteiger partial charge is 0.399 e. The Morgan fingerprint density at radius 3 is 2.62 bits per heavy atom. The summed E-state index contributed by atoms with van der Waals surface area (Å²) in [4.78, 5) is 0. The van der Waals surface area contributed by atoms with E-state index in [4.69, 9.17) is 17.3 Å². The molecule has 0 radical (unpaired) electrons. The first-order valence-corrected chi connectivity index (χ1v) is 6.18. The number of hydrogen-bond acceptors (Lipinski definition) is 2. The zero-order valence-corrected chi connectivity index (χ0v) is 11.3. The van der Waals surface area contributed by atoms with Crippen molar-refractivity contribution in [3.05, 3.63) is 51.1 Å². The van der Waals surface area contributed by atoms with E-state index < -0.39 is 0 Å². The van der Waals surface area contributed by atoms with Gasteiger partial charge >= 0.3 is 0 Å². The van der Waals surface area contributed by atoms with Crippen LogP contribution in [0.15, 0.2) is 42.5 Å². The molecule has 0 bridgehead atoms. The lowest BCUT2D eigenvalue weighted by Gasteiger charge is -2.09. The molecule has 0 aromatic heterocycles. The van der Waals surface area contributed by atoms with Gasteiger partial charge in [-0.2, -0.15) is 0 Å². The predicted molar refractivity (Wildman–Crippen MR) is 78.3 cm³/mol. The van der Waals surface area contributed by atoms with E-state index in [1.807, 2.05) is 42.5 Å². The zero-order chi connectivity index (χ0) is 11.5. The van der Waals surface area contributed by atoms with Gasteiger partial charge in [-0.1, -0.05) is 17.7 Å². The summed E-state index contributed by atoms with van der Waals surface area (Å²) < 4.78 is 1.08. The van der Waals surface area contributed by atoms with Crippen molar-refractivity contribution in [2.75, 3.05) is 11.1 Å². The number of halogens is 2. The second-order valence-electron chi connectivity index (χ2n) is 3.37. The molecule has 82 valence electrons. The molecule has 3 N–H and O–H groups in total. The third kappa shape index (κ3) is 2.80. The van der Waals surface area contributed by atoms with Gasteiger partial charge in [-0.25, -0.2) is 0 Å². The fourth-order valence-corrected chi connectivity index (χ4v) is 2.22. The highest BCUT2D eigenvalue weighted by atomic mass is 127. The summed E-state index contributed by atoms with van der Waals surface area (Å²) in [6.45, 7) is 0. The SMILES string of the molecule is Nc1ccc(Nc2cccc(Cl)c2)c(I)c1. The normalized spacial score (nSPS) is 10.1. The van der Waals surface area contributed by atoms with Gasteiger partial charge < -0.3 is 11.1 Å². The van der Waals surface area contributed by atoms with Crippen LogP contribution in [0.2, 0.25) is 5.02 Å². The van der Waals surface area contributed by atoms with E-state index in [1.165, 1.54) is 0 Å². The van der Waals surface area contributed by atoms with Gasteiger partial charge in [0.2, 0.25) is 0 Å². The molecule has 0 aliphatic carbocycles. The summed E-state index contributed by atoms with van der Waals surface area (Å²) in [6.07, 6.45) is 0. The molecule has 2 aromatic carbocycles. The lowest BCUT2D eigenvalue weighted by molar-refractivity contribution is 1.52. The van der Waals surface area contributed by atoms with Gasteiger partial charge in [0.25, 0.3) is 0 Å². The van der Waals surface area contributed by atoms with Crippen LogP contribution in [0.1, 0.15) is 0 Å². The summed E-state index contributed by atoms with van der Waals surface area (Å²) in [5.41, 5.74) is 8.45. The fraction of sp³-hybridized carbons (Fsp3) is 0. The molecule has 16 heavy (non-hydrogen) atoms. The first-order chi connectivity index (χ1) is 7.65. The van der Waals surface area contributed by atoms with E-state index in [0.29, 0.717) is 0 Å². The second-order valence-corrected chi connectivity index (χ2v) is 4.97. The number of anilines is 3. The molecule has 2 rings (SSSR count). The van der Waals surface area contributed by atoms with Crippen molar-refractivity contribution in [3.8, 4) is 0 Å². The molecule has 0 amide bonds. The van der Waals surface area contributed by atoms with Gasteiger partial charge in [-0.05, 0) is 59.0 Å². The van der Waals surface area contributed by atoms with Crippen molar-refractivity contribution >= 4 is 51.3 Å². The van der Waals surface area contributed by atoms with Gasteiger partial charge in [-0.3, -0.25) is 0 Å². The highest BCUT2D eigenvalue weighted by Crippen LogP contribution is 2.25.